The molecule has 1 saturated heterocycles. The van der Waals surface area contributed by atoms with Crippen LogP contribution in [0, 0.1) is 0 Å². The van der Waals surface area contributed by atoms with Crippen LogP contribution < -0.4 is 4.74 Å². The Hall–Kier alpha value is -1.60. The third-order valence-corrected chi connectivity index (χ3v) is 8.28. The number of hydrogen-bond donors (Lipinski definition) is 0. The van der Waals surface area contributed by atoms with E-state index < -0.39 is 10.0 Å². The fourth-order valence-corrected chi connectivity index (χ4v) is 6.60. The molecule has 0 bridgehead atoms. The molecule has 3 rings (SSSR count). The maximum absolute atomic E-state index is 13.4. The Morgan fingerprint density at radius 2 is 1.79 bits per heavy atom. The molecule has 1 atom stereocenters. The molecule has 1 aromatic carbocycles. The molecule has 0 N–H and O–H groups in total. The van der Waals surface area contributed by atoms with Gasteiger partial charge in [0.05, 0.1) is 7.11 Å². The van der Waals surface area contributed by atoms with E-state index in [4.69, 9.17) is 4.74 Å². The van der Waals surface area contributed by atoms with Crippen LogP contribution in [0.1, 0.15) is 76.1 Å². The highest BCUT2D eigenvalue weighted by Crippen LogP contribution is 2.33. The average molecular weight is 423 g/mol. The third kappa shape index (κ3) is 4.45. The Labute approximate surface area is 175 Å². The van der Waals surface area contributed by atoms with Crippen molar-refractivity contribution in [2.45, 2.75) is 88.7 Å². The zero-order valence-corrected chi connectivity index (χ0v) is 18.9. The van der Waals surface area contributed by atoms with Gasteiger partial charge in [-0.2, -0.15) is 4.31 Å². The van der Waals surface area contributed by atoms with Crippen LogP contribution in [-0.4, -0.2) is 55.3 Å². The summed E-state index contributed by atoms with van der Waals surface area (Å²) in [5.74, 6) is 0.189. The number of benzene rings is 1. The minimum atomic E-state index is -3.74. The predicted octanol–water partition coefficient (Wildman–Crippen LogP) is 4.05. The Morgan fingerprint density at radius 3 is 2.38 bits per heavy atom. The molecular weight excluding hydrogens is 388 g/mol. The van der Waals surface area contributed by atoms with E-state index in [0.29, 0.717) is 12.1 Å². The zero-order valence-electron chi connectivity index (χ0n) is 18.1. The summed E-state index contributed by atoms with van der Waals surface area (Å²) in [6.45, 7) is 6.49. The van der Waals surface area contributed by atoms with Gasteiger partial charge < -0.3 is 9.64 Å². The van der Waals surface area contributed by atoms with Gasteiger partial charge in [0.15, 0.2) is 0 Å². The highest BCUT2D eigenvalue weighted by molar-refractivity contribution is 7.89. The van der Waals surface area contributed by atoms with E-state index in [2.05, 4.69) is 0 Å². The van der Waals surface area contributed by atoms with Gasteiger partial charge in [0.1, 0.15) is 10.6 Å². The molecule has 7 heteroatoms. The Bertz CT molecular complexity index is 831. The second-order valence-corrected chi connectivity index (χ2v) is 10.4. The SMILES string of the molecule is COc1ccc(C(=O)N(C(C)C)C2CCCC2)cc1S(=O)(=O)N1CCCCC1C. The molecule has 1 aliphatic heterocycles. The van der Waals surface area contributed by atoms with Crippen LogP contribution in [0.5, 0.6) is 5.75 Å². The summed E-state index contributed by atoms with van der Waals surface area (Å²) >= 11 is 0. The van der Waals surface area contributed by atoms with Crippen LogP contribution >= 0.6 is 0 Å². The number of piperidine rings is 1. The van der Waals surface area contributed by atoms with Gasteiger partial charge in [0, 0.05) is 30.2 Å². The summed E-state index contributed by atoms with van der Waals surface area (Å²) < 4.78 is 33.8. The predicted molar refractivity (Wildman–Crippen MR) is 114 cm³/mol. The van der Waals surface area contributed by atoms with Crippen LogP contribution in [0.25, 0.3) is 0 Å². The van der Waals surface area contributed by atoms with Crippen molar-refractivity contribution in [2.75, 3.05) is 13.7 Å². The molecule has 1 aliphatic carbocycles. The van der Waals surface area contributed by atoms with Crippen molar-refractivity contribution >= 4 is 15.9 Å². The molecule has 1 unspecified atom stereocenters. The van der Waals surface area contributed by atoms with E-state index in [1.54, 1.807) is 16.4 Å². The Morgan fingerprint density at radius 1 is 1.14 bits per heavy atom. The second-order valence-electron chi connectivity index (χ2n) is 8.57. The molecule has 6 nitrogen and oxygen atoms in total. The Balaban J connectivity index is 1.99. The van der Waals surface area contributed by atoms with E-state index in [1.807, 2.05) is 25.7 Å². The minimum absolute atomic E-state index is 0.0523. The van der Waals surface area contributed by atoms with Crippen molar-refractivity contribution in [1.82, 2.24) is 9.21 Å². The fraction of sp³-hybridized carbons (Fsp3) is 0.682. The van der Waals surface area contributed by atoms with Gasteiger partial charge in [-0.3, -0.25) is 4.79 Å². The van der Waals surface area contributed by atoms with Crippen molar-refractivity contribution < 1.29 is 17.9 Å². The van der Waals surface area contributed by atoms with Crippen molar-refractivity contribution in [3.63, 3.8) is 0 Å². The van der Waals surface area contributed by atoms with Crippen LogP contribution in [0.3, 0.4) is 0 Å². The largest absolute Gasteiger partial charge is 0.495 e. The van der Waals surface area contributed by atoms with Gasteiger partial charge >= 0.3 is 0 Å². The molecule has 1 aromatic rings. The lowest BCUT2D eigenvalue weighted by molar-refractivity contribution is 0.0613. The van der Waals surface area contributed by atoms with Crippen LogP contribution in [-0.2, 0) is 10.0 Å². The molecule has 1 saturated carbocycles. The number of hydrogen-bond acceptors (Lipinski definition) is 4. The normalized spacial score (nSPS) is 21.5. The van der Waals surface area contributed by atoms with E-state index >= 15 is 0 Å². The number of methoxy groups -OCH3 is 1. The van der Waals surface area contributed by atoms with Gasteiger partial charge in [-0.05, 0) is 64.7 Å². The van der Waals surface area contributed by atoms with Crippen molar-refractivity contribution in [2.24, 2.45) is 0 Å². The lowest BCUT2D eigenvalue weighted by Gasteiger charge is -2.34. The second kappa shape index (κ2) is 9.04. The summed E-state index contributed by atoms with van der Waals surface area (Å²) in [5.41, 5.74) is 0.412. The van der Waals surface area contributed by atoms with E-state index in [1.165, 1.54) is 13.2 Å². The molecule has 0 radical (unpaired) electrons. The number of ether oxygens (including phenoxy) is 1. The summed E-state index contributed by atoms with van der Waals surface area (Å²) in [6, 6.07) is 5.05. The number of carbonyl (C=O) groups excluding carboxylic acids is 1. The molecule has 0 spiro atoms. The number of nitrogens with zero attached hydrogens (tertiary/aromatic N) is 2. The van der Waals surface area contributed by atoms with Gasteiger partial charge in [-0.25, -0.2) is 8.42 Å². The molecule has 1 heterocycles. The molecule has 29 heavy (non-hydrogen) atoms. The van der Waals surface area contributed by atoms with Crippen molar-refractivity contribution in [3.8, 4) is 5.75 Å². The van der Waals surface area contributed by atoms with Gasteiger partial charge in [0.2, 0.25) is 10.0 Å². The lowest BCUT2D eigenvalue weighted by atomic mass is 10.1. The first kappa shape index (κ1) is 22.1. The van der Waals surface area contributed by atoms with E-state index in [9.17, 15) is 13.2 Å². The first-order valence-electron chi connectivity index (χ1n) is 10.8. The van der Waals surface area contributed by atoms with Crippen LogP contribution in [0.4, 0.5) is 0 Å². The van der Waals surface area contributed by atoms with Crippen molar-refractivity contribution in [3.05, 3.63) is 23.8 Å². The first-order valence-corrected chi connectivity index (χ1v) is 12.2. The summed E-state index contributed by atoms with van der Waals surface area (Å²) in [7, 11) is -2.27. The maximum Gasteiger partial charge on any atom is 0.254 e. The molecule has 2 fully saturated rings. The van der Waals surface area contributed by atoms with Crippen LogP contribution in [0.15, 0.2) is 23.1 Å². The van der Waals surface area contributed by atoms with Gasteiger partial charge in [-0.1, -0.05) is 19.3 Å². The topological polar surface area (TPSA) is 66.9 Å². The minimum Gasteiger partial charge on any atom is -0.495 e. The third-order valence-electron chi connectivity index (χ3n) is 6.25. The van der Waals surface area contributed by atoms with E-state index in [0.717, 1.165) is 44.9 Å². The van der Waals surface area contributed by atoms with E-state index in [-0.39, 0.29) is 34.7 Å². The fourth-order valence-electron chi connectivity index (χ4n) is 4.72. The smallest absolute Gasteiger partial charge is 0.254 e. The summed E-state index contributed by atoms with van der Waals surface area (Å²) in [5, 5.41) is 0. The summed E-state index contributed by atoms with van der Waals surface area (Å²) in [4.78, 5) is 15.4. The van der Waals surface area contributed by atoms with Crippen molar-refractivity contribution in [1.29, 1.82) is 0 Å². The number of amides is 1. The van der Waals surface area contributed by atoms with Gasteiger partial charge in [-0.15, -0.1) is 0 Å². The molecule has 162 valence electrons. The van der Waals surface area contributed by atoms with Gasteiger partial charge in [0.25, 0.3) is 5.91 Å². The maximum atomic E-state index is 13.4. The monoisotopic (exact) mass is 422 g/mol. The molecule has 0 aromatic heterocycles. The molecular formula is C22H34N2O4S. The molecule has 1 amide bonds. The highest BCUT2D eigenvalue weighted by Gasteiger charge is 2.35. The standard InChI is InChI=1S/C22H34N2O4S/c1-16(2)24(19-10-5-6-11-19)22(25)18-12-13-20(28-4)21(15-18)29(26,27)23-14-8-7-9-17(23)3/h12-13,15-17,19H,5-11,14H2,1-4H3. The zero-order chi connectivity index (χ0) is 21.2. The lowest BCUT2D eigenvalue weighted by Crippen LogP contribution is -2.44. The van der Waals surface area contributed by atoms with Crippen LogP contribution in [0.2, 0.25) is 0 Å². The number of sulfonamides is 1. The highest BCUT2D eigenvalue weighted by atomic mass is 32.2. The number of rotatable bonds is 6. The number of carbonyl (C=O) groups is 1. The quantitative estimate of drug-likeness (QED) is 0.694. The Kier molecular flexibility index (Phi) is 6.89. The summed E-state index contributed by atoms with van der Waals surface area (Å²) in [6.07, 6.45) is 7.03. The molecule has 2 aliphatic rings. The first-order chi connectivity index (χ1) is 13.8. The average Bonchev–Trinajstić information content (AvgIpc) is 3.21.